The van der Waals surface area contributed by atoms with Gasteiger partial charge in [-0.3, -0.25) is 0 Å². The number of hydrogen-bond acceptors (Lipinski definition) is 6. The molecule has 0 aliphatic heterocycles. The Labute approximate surface area is 136 Å². The van der Waals surface area contributed by atoms with E-state index >= 15 is 0 Å². The fourth-order valence-corrected chi connectivity index (χ4v) is 2.10. The maximum absolute atomic E-state index is 14.5. The second-order valence-corrected chi connectivity index (χ2v) is 4.64. The van der Waals surface area contributed by atoms with E-state index in [0.29, 0.717) is 0 Å². The summed E-state index contributed by atoms with van der Waals surface area (Å²) in [5.74, 6) is 0.150. The highest BCUT2D eigenvalue weighted by atomic mass is 35.5. The molecule has 23 heavy (non-hydrogen) atoms. The second-order valence-electron chi connectivity index (χ2n) is 4.23. The van der Waals surface area contributed by atoms with E-state index in [0.717, 1.165) is 7.11 Å². The van der Waals surface area contributed by atoms with E-state index in [2.05, 4.69) is 20.6 Å². The van der Waals surface area contributed by atoms with Gasteiger partial charge in [0.25, 0.3) is 0 Å². The van der Waals surface area contributed by atoms with Crippen molar-refractivity contribution in [3.63, 3.8) is 0 Å². The predicted octanol–water partition coefficient (Wildman–Crippen LogP) is 2.29. The number of rotatable bonds is 3. The number of halogens is 2. The van der Waals surface area contributed by atoms with Crippen molar-refractivity contribution in [2.45, 2.75) is 0 Å². The van der Waals surface area contributed by atoms with Crippen LogP contribution >= 0.6 is 11.6 Å². The predicted molar refractivity (Wildman–Crippen MR) is 82.7 cm³/mol. The van der Waals surface area contributed by atoms with Gasteiger partial charge in [0.2, 0.25) is 0 Å². The molecule has 2 N–H and O–H groups in total. The maximum Gasteiger partial charge on any atom is 0.358 e. The molecular weight excluding hydrogens is 325 g/mol. The Morgan fingerprint density at radius 3 is 2.65 bits per heavy atom. The van der Waals surface area contributed by atoms with Gasteiger partial charge in [0.05, 0.1) is 30.4 Å². The molecule has 0 aliphatic carbocycles. The first-order valence-corrected chi connectivity index (χ1v) is 6.57. The van der Waals surface area contributed by atoms with Gasteiger partial charge in [-0.15, -0.1) is 6.42 Å². The van der Waals surface area contributed by atoms with E-state index in [9.17, 15) is 9.18 Å². The average molecular weight is 336 g/mol. The number of nitrogen functional groups attached to an aromatic ring is 1. The molecule has 0 atom stereocenters. The van der Waals surface area contributed by atoms with E-state index in [4.69, 9.17) is 28.5 Å². The van der Waals surface area contributed by atoms with Crippen molar-refractivity contribution in [1.29, 1.82) is 0 Å². The summed E-state index contributed by atoms with van der Waals surface area (Å²) in [6.07, 6.45) is 5.30. The standard InChI is InChI=1S/C15H11ClFN3O3/c1-4-7-11(15(21)23-3)19-14(20-13(7)18)8-5-6-9(16)12(22-2)10(8)17/h1,5-6H,2-3H3,(H2,18,19,20). The number of methoxy groups -OCH3 is 2. The molecule has 0 saturated carbocycles. The molecule has 0 amide bonds. The molecule has 0 radical (unpaired) electrons. The first kappa shape index (κ1) is 16.5. The van der Waals surface area contributed by atoms with Crippen LogP contribution in [-0.4, -0.2) is 30.2 Å². The summed E-state index contributed by atoms with van der Waals surface area (Å²) in [5, 5.41) is 0.0789. The monoisotopic (exact) mass is 335 g/mol. The lowest BCUT2D eigenvalue weighted by atomic mass is 10.1. The summed E-state index contributed by atoms with van der Waals surface area (Å²) in [5.41, 5.74) is 5.43. The number of terminal acetylenes is 1. The Hall–Kier alpha value is -2.85. The van der Waals surface area contributed by atoms with Crippen LogP contribution < -0.4 is 10.5 Å². The van der Waals surface area contributed by atoms with Crippen LogP contribution in [-0.2, 0) is 4.74 Å². The van der Waals surface area contributed by atoms with E-state index < -0.39 is 11.8 Å². The minimum atomic E-state index is -0.811. The van der Waals surface area contributed by atoms with E-state index in [1.165, 1.54) is 19.2 Å². The van der Waals surface area contributed by atoms with Crippen LogP contribution in [0.5, 0.6) is 5.75 Å². The van der Waals surface area contributed by atoms with Gasteiger partial charge in [0.15, 0.2) is 23.1 Å². The van der Waals surface area contributed by atoms with Gasteiger partial charge in [0, 0.05) is 0 Å². The maximum atomic E-state index is 14.5. The number of benzene rings is 1. The topological polar surface area (TPSA) is 87.3 Å². The molecule has 118 valence electrons. The largest absolute Gasteiger partial charge is 0.492 e. The lowest BCUT2D eigenvalue weighted by Crippen LogP contribution is -2.12. The highest BCUT2D eigenvalue weighted by Crippen LogP contribution is 2.34. The lowest BCUT2D eigenvalue weighted by molar-refractivity contribution is 0.0593. The minimum Gasteiger partial charge on any atom is -0.492 e. The Kier molecular flexibility index (Phi) is 4.67. The number of nitrogens with two attached hydrogens (primary N) is 1. The molecule has 0 spiro atoms. The van der Waals surface area contributed by atoms with Gasteiger partial charge in [-0.05, 0) is 12.1 Å². The third kappa shape index (κ3) is 2.89. The first-order chi connectivity index (χ1) is 10.9. The van der Waals surface area contributed by atoms with Crippen molar-refractivity contribution < 1.29 is 18.7 Å². The molecule has 6 nitrogen and oxygen atoms in total. The highest BCUT2D eigenvalue weighted by Gasteiger charge is 2.22. The first-order valence-electron chi connectivity index (χ1n) is 6.19. The molecule has 8 heteroatoms. The summed E-state index contributed by atoms with van der Waals surface area (Å²) in [4.78, 5) is 19.7. The van der Waals surface area contributed by atoms with Crippen LogP contribution in [0.3, 0.4) is 0 Å². The molecule has 0 unspecified atom stereocenters. The van der Waals surface area contributed by atoms with Crippen LogP contribution in [0.2, 0.25) is 5.02 Å². The number of carbonyl (C=O) groups is 1. The number of anilines is 1. The zero-order valence-corrected chi connectivity index (χ0v) is 12.9. The molecule has 0 saturated heterocycles. The number of hydrogen-bond donors (Lipinski definition) is 1. The highest BCUT2D eigenvalue weighted by molar-refractivity contribution is 6.32. The van der Waals surface area contributed by atoms with Gasteiger partial charge in [-0.1, -0.05) is 17.5 Å². The molecule has 2 rings (SSSR count). The SMILES string of the molecule is C#Cc1c(N)nc(-c2ccc(Cl)c(OC)c2F)nc1C(=O)OC. The zero-order chi connectivity index (χ0) is 17.1. The number of ether oxygens (including phenoxy) is 2. The second kappa shape index (κ2) is 6.50. The van der Waals surface area contributed by atoms with Gasteiger partial charge in [-0.25, -0.2) is 19.2 Å². The average Bonchev–Trinajstić information content (AvgIpc) is 2.53. The molecular formula is C15H11ClFN3O3. The zero-order valence-electron chi connectivity index (χ0n) is 12.2. The van der Waals surface area contributed by atoms with Gasteiger partial charge in [-0.2, -0.15) is 0 Å². The van der Waals surface area contributed by atoms with Gasteiger partial charge >= 0.3 is 5.97 Å². The molecule has 0 bridgehead atoms. The molecule has 0 fully saturated rings. The fraction of sp³-hybridized carbons (Fsp3) is 0.133. The molecule has 0 aliphatic rings. The minimum absolute atomic E-state index is 0.0260. The van der Waals surface area contributed by atoms with Crippen molar-refractivity contribution in [1.82, 2.24) is 9.97 Å². The van der Waals surface area contributed by atoms with Crippen LogP contribution in [0.1, 0.15) is 16.1 Å². The Balaban J connectivity index is 2.74. The van der Waals surface area contributed by atoms with Crippen molar-refractivity contribution in [3.05, 3.63) is 34.2 Å². The summed E-state index contributed by atoms with van der Waals surface area (Å²) in [6, 6.07) is 2.75. The van der Waals surface area contributed by atoms with Crippen LogP contribution in [0.15, 0.2) is 12.1 Å². The van der Waals surface area contributed by atoms with Crippen LogP contribution in [0.4, 0.5) is 10.2 Å². The number of esters is 1. The third-order valence-electron chi connectivity index (χ3n) is 2.95. The van der Waals surface area contributed by atoms with Gasteiger partial charge < -0.3 is 15.2 Å². The number of carbonyl (C=O) groups excluding carboxylic acids is 1. The Morgan fingerprint density at radius 1 is 1.39 bits per heavy atom. The van der Waals surface area contributed by atoms with Crippen LogP contribution in [0, 0.1) is 18.2 Å². The van der Waals surface area contributed by atoms with Crippen molar-refractivity contribution in [2.75, 3.05) is 20.0 Å². The quantitative estimate of drug-likeness (QED) is 0.684. The van der Waals surface area contributed by atoms with Crippen molar-refractivity contribution in [2.24, 2.45) is 0 Å². The third-order valence-corrected chi connectivity index (χ3v) is 3.25. The summed E-state index contributed by atoms with van der Waals surface area (Å²) >= 11 is 5.84. The van der Waals surface area contributed by atoms with Gasteiger partial charge in [0.1, 0.15) is 5.82 Å². The summed E-state index contributed by atoms with van der Waals surface area (Å²) < 4.78 is 24.0. The molecule has 1 aromatic heterocycles. The van der Waals surface area contributed by atoms with E-state index in [1.54, 1.807) is 0 Å². The number of aromatic nitrogens is 2. The fourth-order valence-electron chi connectivity index (χ4n) is 1.88. The Morgan fingerprint density at radius 2 is 2.09 bits per heavy atom. The molecule has 2 aromatic rings. The Bertz CT molecular complexity index is 834. The summed E-state index contributed by atoms with van der Waals surface area (Å²) in [6.45, 7) is 0. The lowest BCUT2D eigenvalue weighted by Gasteiger charge is -2.11. The smallest absolute Gasteiger partial charge is 0.358 e. The summed E-state index contributed by atoms with van der Waals surface area (Å²) in [7, 11) is 2.43. The van der Waals surface area contributed by atoms with Crippen molar-refractivity contribution in [3.8, 4) is 29.5 Å². The molecule has 1 aromatic carbocycles. The normalized spacial score (nSPS) is 10.0. The van der Waals surface area contributed by atoms with E-state index in [-0.39, 0.29) is 39.2 Å². The van der Waals surface area contributed by atoms with E-state index in [1.807, 2.05) is 0 Å². The number of nitrogens with zero attached hydrogens (tertiary/aromatic N) is 2. The van der Waals surface area contributed by atoms with Crippen molar-refractivity contribution >= 4 is 23.4 Å². The van der Waals surface area contributed by atoms with Crippen LogP contribution in [0.25, 0.3) is 11.4 Å². The molecule has 1 heterocycles.